The Kier molecular flexibility index (Phi) is 11.6. The van der Waals surface area contributed by atoms with E-state index in [9.17, 15) is 18.1 Å². The van der Waals surface area contributed by atoms with Gasteiger partial charge in [0, 0.05) is 0 Å². The summed E-state index contributed by atoms with van der Waals surface area (Å²) in [5, 5.41) is 9.45. The highest BCUT2D eigenvalue weighted by atomic mass is 32.2. The van der Waals surface area contributed by atoms with Crippen molar-refractivity contribution in [2.24, 2.45) is 0 Å². The number of phenols is 1. The first-order valence-corrected chi connectivity index (χ1v) is 13.4. The molecular weight excluding hydrogens is 424 g/mol. The highest BCUT2D eigenvalue weighted by molar-refractivity contribution is 7.86. The number of aromatic hydroxyl groups is 1. The van der Waals surface area contributed by atoms with Gasteiger partial charge in [-0.1, -0.05) is 89.7 Å². The summed E-state index contributed by atoms with van der Waals surface area (Å²) in [6.45, 7) is 2.24. The number of hydrogen-bond acceptors (Lipinski definition) is 4. The van der Waals surface area contributed by atoms with E-state index in [4.69, 9.17) is 4.74 Å². The third-order valence-corrected chi connectivity index (χ3v) is 6.57. The molecule has 0 aliphatic rings. The second-order valence-electron chi connectivity index (χ2n) is 8.45. The van der Waals surface area contributed by atoms with Gasteiger partial charge in [0.15, 0.2) is 5.75 Å². The summed E-state index contributed by atoms with van der Waals surface area (Å²) in [4.78, 5) is -0.234. The molecule has 2 aromatic rings. The molecule has 0 bridgehead atoms. The van der Waals surface area contributed by atoms with E-state index in [1.807, 2.05) is 6.07 Å². The van der Waals surface area contributed by atoms with Crippen LogP contribution in [0.3, 0.4) is 0 Å². The van der Waals surface area contributed by atoms with Crippen LogP contribution in [0, 0.1) is 0 Å². The number of rotatable bonds is 16. The highest BCUT2D eigenvalue weighted by Crippen LogP contribution is 2.34. The summed E-state index contributed by atoms with van der Waals surface area (Å²) < 4.78 is 39.2. The van der Waals surface area contributed by atoms with Crippen LogP contribution < -0.4 is 4.74 Å². The van der Waals surface area contributed by atoms with Crippen LogP contribution in [0.5, 0.6) is 17.2 Å². The zero-order chi connectivity index (χ0) is 23.2. The van der Waals surface area contributed by atoms with Gasteiger partial charge >= 0.3 is 0 Å². The van der Waals surface area contributed by atoms with Crippen molar-refractivity contribution < 1.29 is 22.8 Å². The molecule has 0 atom stereocenters. The van der Waals surface area contributed by atoms with Crippen molar-refractivity contribution >= 4 is 10.1 Å². The van der Waals surface area contributed by atoms with Gasteiger partial charge in [0.25, 0.3) is 10.1 Å². The first-order valence-electron chi connectivity index (χ1n) is 12.0. The minimum absolute atomic E-state index is 0.0946. The standard InChI is InChI=1S/C26H38O5S/c1-2-3-4-5-6-7-8-9-10-11-12-13-15-22-16-14-17-25(32(28,29)30)26(22)31-24-20-18-23(27)19-21-24/h14,16-21,27H,2-13,15H2,1H3,(H,28,29,30). The van der Waals surface area contributed by atoms with Crippen molar-refractivity contribution in [2.45, 2.75) is 95.3 Å². The Labute approximate surface area is 193 Å². The maximum Gasteiger partial charge on any atom is 0.298 e. The lowest BCUT2D eigenvalue weighted by Crippen LogP contribution is -2.04. The Morgan fingerprint density at radius 3 is 1.81 bits per heavy atom. The van der Waals surface area contributed by atoms with E-state index >= 15 is 0 Å². The van der Waals surface area contributed by atoms with E-state index in [2.05, 4.69) is 6.92 Å². The molecule has 0 amide bonds. The minimum Gasteiger partial charge on any atom is -0.508 e. The van der Waals surface area contributed by atoms with Gasteiger partial charge in [0.05, 0.1) is 0 Å². The van der Waals surface area contributed by atoms with Gasteiger partial charge in [-0.25, -0.2) is 0 Å². The number of benzene rings is 2. The third-order valence-electron chi connectivity index (χ3n) is 5.69. The van der Waals surface area contributed by atoms with Crippen LogP contribution in [0.25, 0.3) is 0 Å². The fourth-order valence-electron chi connectivity index (χ4n) is 3.87. The van der Waals surface area contributed by atoms with Gasteiger partial charge in [0.1, 0.15) is 16.4 Å². The van der Waals surface area contributed by atoms with Crippen LogP contribution in [0.15, 0.2) is 47.4 Å². The summed E-state index contributed by atoms with van der Waals surface area (Å²) in [7, 11) is -4.41. The van der Waals surface area contributed by atoms with Crippen LogP contribution in [0.2, 0.25) is 0 Å². The zero-order valence-corrected chi connectivity index (χ0v) is 20.1. The van der Waals surface area contributed by atoms with Gasteiger partial charge in [-0.15, -0.1) is 0 Å². The lowest BCUT2D eigenvalue weighted by molar-refractivity contribution is 0.440. The second-order valence-corrected chi connectivity index (χ2v) is 9.84. The quantitative estimate of drug-likeness (QED) is 0.197. The monoisotopic (exact) mass is 462 g/mol. The van der Waals surface area contributed by atoms with E-state index < -0.39 is 10.1 Å². The second kappa shape index (κ2) is 14.2. The molecule has 6 heteroatoms. The fourth-order valence-corrected chi connectivity index (χ4v) is 4.52. The van der Waals surface area contributed by atoms with Gasteiger partial charge in [0.2, 0.25) is 0 Å². The average molecular weight is 463 g/mol. The van der Waals surface area contributed by atoms with Crippen LogP contribution in [-0.2, 0) is 16.5 Å². The van der Waals surface area contributed by atoms with Crippen molar-refractivity contribution in [1.29, 1.82) is 0 Å². The van der Waals surface area contributed by atoms with Crippen molar-refractivity contribution in [2.75, 3.05) is 0 Å². The van der Waals surface area contributed by atoms with Crippen LogP contribution in [0.4, 0.5) is 0 Å². The lowest BCUT2D eigenvalue weighted by atomic mass is 10.0. The molecule has 0 radical (unpaired) electrons. The van der Waals surface area contributed by atoms with Gasteiger partial charge in [-0.3, -0.25) is 4.55 Å². The number of aryl methyl sites for hydroxylation is 1. The van der Waals surface area contributed by atoms with Crippen LogP contribution >= 0.6 is 0 Å². The Hall–Kier alpha value is -2.05. The predicted octanol–water partition coefficient (Wildman–Crippen LogP) is 7.67. The predicted molar refractivity (Wildman–Crippen MR) is 129 cm³/mol. The molecule has 0 spiro atoms. The summed E-state index contributed by atoms with van der Waals surface area (Å²) in [6.07, 6.45) is 15.8. The summed E-state index contributed by atoms with van der Waals surface area (Å²) in [6, 6.07) is 10.9. The molecule has 0 fully saturated rings. The molecule has 0 saturated carbocycles. The molecule has 0 saturated heterocycles. The van der Waals surface area contributed by atoms with Crippen LogP contribution in [-0.4, -0.2) is 18.1 Å². The van der Waals surface area contributed by atoms with Gasteiger partial charge in [-0.2, -0.15) is 8.42 Å². The van der Waals surface area contributed by atoms with Gasteiger partial charge in [-0.05, 0) is 48.7 Å². The van der Waals surface area contributed by atoms with Crippen molar-refractivity contribution in [3.63, 3.8) is 0 Å². The number of phenolic OH excluding ortho intramolecular Hbond substituents is 1. The molecule has 2 aromatic carbocycles. The molecule has 2 rings (SSSR count). The van der Waals surface area contributed by atoms with E-state index in [0.717, 1.165) is 18.4 Å². The summed E-state index contributed by atoms with van der Waals surface area (Å²) >= 11 is 0. The Morgan fingerprint density at radius 2 is 1.28 bits per heavy atom. The van der Waals surface area contributed by atoms with Gasteiger partial charge < -0.3 is 9.84 Å². The Balaban J connectivity index is 1.82. The topological polar surface area (TPSA) is 83.8 Å². The number of ether oxygens (including phenoxy) is 1. The first-order chi connectivity index (χ1) is 15.4. The third kappa shape index (κ3) is 9.61. The molecular formula is C26H38O5S. The molecule has 32 heavy (non-hydrogen) atoms. The molecule has 178 valence electrons. The summed E-state index contributed by atoms with van der Waals surface area (Å²) in [5.41, 5.74) is 0.750. The lowest BCUT2D eigenvalue weighted by Gasteiger charge is -2.14. The molecule has 5 nitrogen and oxygen atoms in total. The zero-order valence-electron chi connectivity index (χ0n) is 19.3. The minimum atomic E-state index is -4.41. The molecule has 0 aliphatic carbocycles. The van der Waals surface area contributed by atoms with E-state index in [1.54, 1.807) is 18.2 Å². The largest absolute Gasteiger partial charge is 0.508 e. The van der Waals surface area contributed by atoms with Crippen LogP contribution in [0.1, 0.15) is 89.5 Å². The highest BCUT2D eigenvalue weighted by Gasteiger charge is 2.20. The SMILES string of the molecule is CCCCCCCCCCCCCCc1cccc(S(=O)(=O)O)c1Oc1ccc(O)cc1. The first kappa shape index (κ1) is 26.2. The maximum atomic E-state index is 11.9. The van der Waals surface area contributed by atoms with E-state index in [0.29, 0.717) is 12.2 Å². The molecule has 0 aromatic heterocycles. The number of unbranched alkanes of at least 4 members (excludes halogenated alkanes) is 11. The molecule has 0 unspecified atom stereocenters. The van der Waals surface area contributed by atoms with E-state index in [1.165, 1.54) is 82.4 Å². The normalized spacial score (nSPS) is 11.6. The Bertz CT molecular complexity index is 891. The molecule has 0 heterocycles. The fraction of sp³-hybridized carbons (Fsp3) is 0.538. The van der Waals surface area contributed by atoms with Crippen molar-refractivity contribution in [3.05, 3.63) is 48.0 Å². The smallest absolute Gasteiger partial charge is 0.298 e. The Morgan fingerprint density at radius 1 is 0.750 bits per heavy atom. The summed E-state index contributed by atoms with van der Waals surface area (Å²) in [5.74, 6) is 0.649. The molecule has 0 aliphatic heterocycles. The maximum absolute atomic E-state index is 11.9. The number of para-hydroxylation sites is 1. The van der Waals surface area contributed by atoms with Crippen molar-refractivity contribution in [3.8, 4) is 17.2 Å². The van der Waals surface area contributed by atoms with E-state index in [-0.39, 0.29) is 16.4 Å². The van der Waals surface area contributed by atoms with Crippen molar-refractivity contribution in [1.82, 2.24) is 0 Å². The molecule has 2 N–H and O–H groups in total. The average Bonchev–Trinajstić information content (AvgIpc) is 2.76. The number of hydrogen-bond donors (Lipinski definition) is 2.